The summed E-state index contributed by atoms with van der Waals surface area (Å²) in [5.41, 5.74) is 3.19. The van der Waals surface area contributed by atoms with E-state index in [9.17, 15) is 4.79 Å². The number of esters is 1. The summed E-state index contributed by atoms with van der Waals surface area (Å²) in [5.74, 6) is -0.412. The van der Waals surface area contributed by atoms with E-state index < -0.39 is 5.97 Å². The summed E-state index contributed by atoms with van der Waals surface area (Å²) < 4.78 is 6.79. The summed E-state index contributed by atoms with van der Waals surface area (Å²) in [5, 5.41) is 8.03. The lowest BCUT2D eigenvalue weighted by Gasteiger charge is -2.06. The molecule has 0 amide bonds. The van der Waals surface area contributed by atoms with Crippen molar-refractivity contribution in [2.45, 2.75) is 46.5 Å². The SMILES string of the molecule is CCCCc1ccc(-n2nnc(C(=O)OCCC)c2C)cc1. The number of benzene rings is 1. The minimum atomic E-state index is -0.412. The Morgan fingerprint density at radius 3 is 2.55 bits per heavy atom. The average molecular weight is 301 g/mol. The second kappa shape index (κ2) is 7.73. The van der Waals surface area contributed by atoms with Gasteiger partial charge in [0.25, 0.3) is 0 Å². The zero-order valence-electron chi connectivity index (χ0n) is 13.5. The van der Waals surface area contributed by atoms with E-state index in [2.05, 4.69) is 29.4 Å². The third-order valence-corrected chi connectivity index (χ3v) is 3.53. The molecule has 1 aromatic carbocycles. The topological polar surface area (TPSA) is 57.0 Å². The summed E-state index contributed by atoms with van der Waals surface area (Å²) in [7, 11) is 0. The number of nitrogens with zero attached hydrogens (tertiary/aromatic N) is 3. The number of aryl methyl sites for hydroxylation is 1. The van der Waals surface area contributed by atoms with E-state index in [-0.39, 0.29) is 5.69 Å². The average Bonchev–Trinajstić information content (AvgIpc) is 2.93. The van der Waals surface area contributed by atoms with Crippen molar-refractivity contribution >= 4 is 5.97 Å². The molecule has 0 aliphatic heterocycles. The van der Waals surface area contributed by atoms with Crippen LogP contribution in [0.5, 0.6) is 0 Å². The van der Waals surface area contributed by atoms with Gasteiger partial charge in [-0.3, -0.25) is 0 Å². The van der Waals surface area contributed by atoms with Gasteiger partial charge < -0.3 is 4.74 Å². The molecule has 0 aliphatic rings. The van der Waals surface area contributed by atoms with Crippen molar-refractivity contribution in [1.82, 2.24) is 15.0 Å². The lowest BCUT2D eigenvalue weighted by atomic mass is 10.1. The number of rotatable bonds is 7. The fraction of sp³-hybridized carbons (Fsp3) is 0.471. The van der Waals surface area contributed by atoms with E-state index in [1.54, 1.807) is 4.68 Å². The molecule has 0 unspecified atom stereocenters. The highest BCUT2D eigenvalue weighted by molar-refractivity contribution is 5.88. The largest absolute Gasteiger partial charge is 0.461 e. The molecule has 5 heteroatoms. The van der Waals surface area contributed by atoms with Crippen LogP contribution in [0.25, 0.3) is 5.69 Å². The summed E-state index contributed by atoms with van der Waals surface area (Å²) in [4.78, 5) is 11.9. The molecule has 0 spiro atoms. The molecule has 0 aliphatic carbocycles. The number of unbranched alkanes of at least 4 members (excludes halogenated alkanes) is 1. The van der Waals surface area contributed by atoms with Crippen LogP contribution in [-0.4, -0.2) is 27.6 Å². The summed E-state index contributed by atoms with van der Waals surface area (Å²) >= 11 is 0. The first-order chi connectivity index (χ1) is 10.7. The van der Waals surface area contributed by atoms with E-state index in [4.69, 9.17) is 4.74 Å². The molecule has 22 heavy (non-hydrogen) atoms. The Morgan fingerprint density at radius 2 is 1.91 bits per heavy atom. The number of carbonyl (C=O) groups excluding carboxylic acids is 1. The van der Waals surface area contributed by atoms with Crippen LogP contribution in [0.4, 0.5) is 0 Å². The Balaban J connectivity index is 2.16. The predicted molar refractivity (Wildman–Crippen MR) is 85.3 cm³/mol. The van der Waals surface area contributed by atoms with Gasteiger partial charge in [0.05, 0.1) is 18.0 Å². The highest BCUT2D eigenvalue weighted by atomic mass is 16.5. The maximum atomic E-state index is 11.9. The fourth-order valence-corrected chi connectivity index (χ4v) is 2.21. The number of hydrogen-bond acceptors (Lipinski definition) is 4. The number of hydrogen-bond donors (Lipinski definition) is 0. The van der Waals surface area contributed by atoms with Crippen LogP contribution in [0.1, 0.15) is 54.9 Å². The molecule has 0 fully saturated rings. The third-order valence-electron chi connectivity index (χ3n) is 3.53. The van der Waals surface area contributed by atoms with Gasteiger partial charge in [-0.2, -0.15) is 0 Å². The molecule has 0 atom stereocenters. The van der Waals surface area contributed by atoms with E-state index in [1.165, 1.54) is 18.4 Å². The number of ether oxygens (including phenoxy) is 1. The van der Waals surface area contributed by atoms with Crippen molar-refractivity contribution in [3.05, 3.63) is 41.2 Å². The van der Waals surface area contributed by atoms with Gasteiger partial charge in [-0.05, 0) is 43.9 Å². The smallest absolute Gasteiger partial charge is 0.360 e. The molecule has 2 aromatic rings. The first-order valence-electron chi connectivity index (χ1n) is 7.86. The van der Waals surface area contributed by atoms with Gasteiger partial charge in [-0.25, -0.2) is 9.48 Å². The monoisotopic (exact) mass is 301 g/mol. The molecule has 118 valence electrons. The Labute approximate surface area is 131 Å². The first kappa shape index (κ1) is 16.2. The van der Waals surface area contributed by atoms with Crippen LogP contribution in [0.15, 0.2) is 24.3 Å². The van der Waals surface area contributed by atoms with Crippen molar-refractivity contribution in [1.29, 1.82) is 0 Å². The van der Waals surface area contributed by atoms with Gasteiger partial charge in [-0.15, -0.1) is 5.10 Å². The molecule has 0 N–H and O–H groups in total. The van der Waals surface area contributed by atoms with E-state index in [0.29, 0.717) is 12.3 Å². The van der Waals surface area contributed by atoms with Crippen molar-refractivity contribution < 1.29 is 9.53 Å². The minimum Gasteiger partial charge on any atom is -0.461 e. The Kier molecular flexibility index (Phi) is 5.69. The number of carbonyl (C=O) groups is 1. The van der Waals surface area contributed by atoms with Gasteiger partial charge in [-0.1, -0.05) is 37.6 Å². The van der Waals surface area contributed by atoms with Crippen molar-refractivity contribution in [3.63, 3.8) is 0 Å². The lowest BCUT2D eigenvalue weighted by molar-refractivity contribution is 0.0497. The predicted octanol–water partition coefficient (Wildman–Crippen LogP) is 3.49. The highest BCUT2D eigenvalue weighted by Gasteiger charge is 2.18. The lowest BCUT2D eigenvalue weighted by Crippen LogP contribution is -2.08. The van der Waals surface area contributed by atoms with E-state index in [0.717, 1.165) is 18.5 Å². The van der Waals surface area contributed by atoms with Crippen LogP contribution < -0.4 is 0 Å². The summed E-state index contributed by atoms with van der Waals surface area (Å²) in [6.45, 7) is 6.37. The van der Waals surface area contributed by atoms with Gasteiger partial charge in [0.2, 0.25) is 0 Å². The standard InChI is InChI=1S/C17H23N3O2/c1-4-6-7-14-8-10-15(11-9-14)20-13(3)16(18-19-20)17(21)22-12-5-2/h8-11H,4-7,12H2,1-3H3. The normalized spacial score (nSPS) is 10.7. The van der Waals surface area contributed by atoms with E-state index >= 15 is 0 Å². The maximum absolute atomic E-state index is 11.9. The summed E-state index contributed by atoms with van der Waals surface area (Å²) in [6.07, 6.45) is 4.25. The van der Waals surface area contributed by atoms with Crippen LogP contribution in [0.3, 0.4) is 0 Å². The molecule has 5 nitrogen and oxygen atoms in total. The molecule has 0 saturated heterocycles. The van der Waals surface area contributed by atoms with E-state index in [1.807, 2.05) is 26.0 Å². The third kappa shape index (κ3) is 3.72. The second-order valence-corrected chi connectivity index (χ2v) is 5.34. The highest BCUT2D eigenvalue weighted by Crippen LogP contribution is 2.15. The van der Waals surface area contributed by atoms with Crippen LogP contribution in [0, 0.1) is 6.92 Å². The van der Waals surface area contributed by atoms with Gasteiger partial charge in [0.1, 0.15) is 0 Å². The van der Waals surface area contributed by atoms with Crippen molar-refractivity contribution in [3.8, 4) is 5.69 Å². The Morgan fingerprint density at radius 1 is 1.18 bits per heavy atom. The summed E-state index contributed by atoms with van der Waals surface area (Å²) in [6, 6.07) is 8.21. The molecular formula is C17H23N3O2. The maximum Gasteiger partial charge on any atom is 0.360 e. The Hall–Kier alpha value is -2.17. The Bertz CT molecular complexity index is 617. The van der Waals surface area contributed by atoms with Crippen LogP contribution in [0.2, 0.25) is 0 Å². The van der Waals surface area contributed by atoms with Crippen LogP contribution >= 0.6 is 0 Å². The quantitative estimate of drug-likeness (QED) is 0.735. The zero-order chi connectivity index (χ0) is 15.9. The molecular weight excluding hydrogens is 278 g/mol. The molecule has 0 bridgehead atoms. The molecule has 0 saturated carbocycles. The van der Waals surface area contributed by atoms with Crippen LogP contribution in [-0.2, 0) is 11.2 Å². The fourth-order valence-electron chi connectivity index (χ4n) is 2.21. The molecule has 2 rings (SSSR count). The molecule has 1 heterocycles. The number of aromatic nitrogens is 3. The molecule has 0 radical (unpaired) electrons. The minimum absolute atomic E-state index is 0.281. The van der Waals surface area contributed by atoms with Gasteiger partial charge >= 0.3 is 5.97 Å². The molecule has 1 aromatic heterocycles. The van der Waals surface area contributed by atoms with Gasteiger partial charge in [0.15, 0.2) is 5.69 Å². The van der Waals surface area contributed by atoms with Gasteiger partial charge in [0, 0.05) is 0 Å². The van der Waals surface area contributed by atoms with Crippen molar-refractivity contribution in [2.24, 2.45) is 0 Å². The van der Waals surface area contributed by atoms with Crippen molar-refractivity contribution in [2.75, 3.05) is 6.61 Å². The first-order valence-corrected chi connectivity index (χ1v) is 7.86. The zero-order valence-corrected chi connectivity index (χ0v) is 13.5. The second-order valence-electron chi connectivity index (χ2n) is 5.34.